The number of anilines is 2. The number of benzene rings is 1. The minimum atomic E-state index is -0.0141. The standard InChI is InChI=1S/C24H28N8O2/c1-31-5-7-32(8-6-31)24(33)14-3-4-17-16(9-14)21-22(28-17)25-13-26-23(21)29-19-10-15-12-27-30-18(15)11-20(19)34-2/h10-14H,3-9H2,1-2H3,(H,27,30)(H2,25,26,28,29)/t14-/m1/s1. The van der Waals surface area contributed by atoms with Crippen LogP contribution in [0.1, 0.15) is 17.7 Å². The van der Waals surface area contributed by atoms with Crippen LogP contribution in [0.15, 0.2) is 24.7 Å². The van der Waals surface area contributed by atoms with Gasteiger partial charge in [-0.25, -0.2) is 9.97 Å². The molecule has 0 unspecified atom stereocenters. The number of carbonyl (C=O) groups is 1. The number of aromatic nitrogens is 5. The summed E-state index contributed by atoms with van der Waals surface area (Å²) in [6.45, 7) is 3.47. The number of aryl methyl sites for hydroxylation is 1. The molecule has 2 aliphatic rings. The van der Waals surface area contributed by atoms with Crippen molar-refractivity contribution in [2.75, 3.05) is 45.7 Å². The number of H-pyrrole nitrogens is 2. The van der Waals surface area contributed by atoms with Crippen LogP contribution in [0.4, 0.5) is 11.5 Å². The van der Waals surface area contributed by atoms with Crippen LogP contribution in [0.3, 0.4) is 0 Å². The zero-order chi connectivity index (χ0) is 23.2. The zero-order valence-electron chi connectivity index (χ0n) is 19.4. The van der Waals surface area contributed by atoms with Gasteiger partial charge in [-0.15, -0.1) is 0 Å². The van der Waals surface area contributed by atoms with Crippen molar-refractivity contribution in [2.24, 2.45) is 5.92 Å². The lowest BCUT2D eigenvalue weighted by molar-refractivity contribution is -0.137. The number of piperazine rings is 1. The van der Waals surface area contributed by atoms with Crippen molar-refractivity contribution in [3.63, 3.8) is 0 Å². The van der Waals surface area contributed by atoms with Crippen molar-refractivity contribution < 1.29 is 9.53 Å². The molecule has 0 radical (unpaired) electrons. The van der Waals surface area contributed by atoms with Crippen molar-refractivity contribution in [3.8, 4) is 5.75 Å². The third kappa shape index (κ3) is 3.54. The van der Waals surface area contributed by atoms with E-state index in [1.165, 1.54) is 0 Å². The van der Waals surface area contributed by atoms with E-state index in [9.17, 15) is 4.79 Å². The maximum Gasteiger partial charge on any atom is 0.226 e. The molecule has 3 aromatic heterocycles. The van der Waals surface area contributed by atoms with Crippen molar-refractivity contribution in [1.29, 1.82) is 0 Å². The van der Waals surface area contributed by atoms with Crippen molar-refractivity contribution >= 4 is 39.3 Å². The Labute approximate surface area is 196 Å². The topological polar surface area (TPSA) is 115 Å². The molecule has 1 saturated heterocycles. The number of nitrogens with zero attached hydrogens (tertiary/aromatic N) is 5. The molecular formula is C24H28N8O2. The molecule has 176 valence electrons. The molecule has 0 spiro atoms. The monoisotopic (exact) mass is 460 g/mol. The summed E-state index contributed by atoms with van der Waals surface area (Å²) in [5, 5.41) is 12.5. The third-order valence-corrected chi connectivity index (χ3v) is 7.15. The Morgan fingerprint density at radius 2 is 2.06 bits per heavy atom. The van der Waals surface area contributed by atoms with E-state index in [1.54, 1.807) is 19.6 Å². The third-order valence-electron chi connectivity index (χ3n) is 7.15. The number of hydrogen-bond donors (Lipinski definition) is 3. The van der Waals surface area contributed by atoms with E-state index in [-0.39, 0.29) is 11.8 Å². The fourth-order valence-electron chi connectivity index (χ4n) is 5.20. The number of amides is 1. The smallest absolute Gasteiger partial charge is 0.226 e. The first kappa shape index (κ1) is 20.9. The van der Waals surface area contributed by atoms with Gasteiger partial charge in [0.15, 0.2) is 0 Å². The molecule has 1 aromatic carbocycles. The molecular weight excluding hydrogens is 432 g/mol. The van der Waals surface area contributed by atoms with E-state index in [0.29, 0.717) is 18.0 Å². The first-order valence-electron chi connectivity index (χ1n) is 11.7. The van der Waals surface area contributed by atoms with Gasteiger partial charge in [0.2, 0.25) is 5.91 Å². The van der Waals surface area contributed by atoms with Crippen LogP contribution in [0.5, 0.6) is 5.75 Å². The van der Waals surface area contributed by atoms with E-state index in [1.807, 2.05) is 17.0 Å². The van der Waals surface area contributed by atoms with Crippen LogP contribution in [-0.2, 0) is 17.6 Å². The van der Waals surface area contributed by atoms with E-state index >= 15 is 0 Å². The number of nitrogens with one attached hydrogen (secondary N) is 3. The maximum atomic E-state index is 13.3. The number of fused-ring (bicyclic) bond motifs is 4. The van der Waals surface area contributed by atoms with Gasteiger partial charge < -0.3 is 24.8 Å². The number of methoxy groups -OCH3 is 1. The second-order valence-electron chi connectivity index (χ2n) is 9.23. The van der Waals surface area contributed by atoms with Crippen LogP contribution in [-0.4, -0.2) is 81.2 Å². The molecule has 10 nitrogen and oxygen atoms in total. The van der Waals surface area contributed by atoms with Crippen molar-refractivity contribution in [3.05, 3.63) is 35.9 Å². The minimum absolute atomic E-state index is 0.0141. The summed E-state index contributed by atoms with van der Waals surface area (Å²) in [5.74, 6) is 1.65. The normalized spacial score (nSPS) is 18.9. The van der Waals surface area contributed by atoms with Gasteiger partial charge in [-0.2, -0.15) is 5.10 Å². The lowest BCUT2D eigenvalue weighted by Crippen LogP contribution is -2.49. The van der Waals surface area contributed by atoms with Crippen molar-refractivity contribution in [2.45, 2.75) is 19.3 Å². The van der Waals surface area contributed by atoms with Crippen LogP contribution < -0.4 is 10.1 Å². The summed E-state index contributed by atoms with van der Waals surface area (Å²) >= 11 is 0. The first-order valence-corrected chi connectivity index (χ1v) is 11.7. The average molecular weight is 461 g/mol. The number of likely N-dealkylation sites (N-methyl/N-ethyl adjacent to an activating group) is 1. The van der Waals surface area contributed by atoms with Gasteiger partial charge in [-0.3, -0.25) is 9.89 Å². The van der Waals surface area contributed by atoms with Gasteiger partial charge in [0.1, 0.15) is 23.5 Å². The molecule has 10 heteroatoms. The molecule has 1 aliphatic carbocycles. The molecule has 4 heterocycles. The lowest BCUT2D eigenvalue weighted by atomic mass is 9.85. The van der Waals surface area contributed by atoms with Gasteiger partial charge in [0.05, 0.1) is 29.9 Å². The molecule has 4 aromatic rings. The molecule has 34 heavy (non-hydrogen) atoms. The summed E-state index contributed by atoms with van der Waals surface area (Å²) in [6.07, 6.45) is 5.72. The van der Waals surface area contributed by atoms with Crippen LogP contribution in [0.2, 0.25) is 0 Å². The summed E-state index contributed by atoms with van der Waals surface area (Å²) < 4.78 is 5.61. The highest BCUT2D eigenvalue weighted by Crippen LogP contribution is 2.38. The highest BCUT2D eigenvalue weighted by molar-refractivity contribution is 5.96. The van der Waals surface area contributed by atoms with E-state index in [2.05, 4.69) is 42.4 Å². The quantitative estimate of drug-likeness (QED) is 0.429. The SMILES string of the molecule is COc1cc2[nH]ncc2cc1Nc1ncnc2[nH]c3c(c12)C[C@H](C(=O)N1CCN(C)CC1)CC3. The summed E-state index contributed by atoms with van der Waals surface area (Å²) in [6, 6.07) is 3.91. The lowest BCUT2D eigenvalue weighted by Gasteiger charge is -2.35. The first-order chi connectivity index (χ1) is 16.6. The fraction of sp³-hybridized carbons (Fsp3) is 0.417. The second kappa shape index (κ2) is 8.28. The van der Waals surface area contributed by atoms with Gasteiger partial charge in [0.25, 0.3) is 0 Å². The number of aromatic amines is 2. The fourth-order valence-corrected chi connectivity index (χ4v) is 5.20. The highest BCUT2D eigenvalue weighted by Gasteiger charge is 2.32. The molecule has 0 saturated carbocycles. The minimum Gasteiger partial charge on any atom is -0.494 e. The van der Waals surface area contributed by atoms with E-state index in [4.69, 9.17) is 4.74 Å². The van der Waals surface area contributed by atoms with Crippen molar-refractivity contribution in [1.82, 2.24) is 34.9 Å². The largest absolute Gasteiger partial charge is 0.494 e. The molecule has 3 N–H and O–H groups in total. The molecule has 1 atom stereocenters. The number of hydrogen-bond acceptors (Lipinski definition) is 7. The zero-order valence-corrected chi connectivity index (χ0v) is 19.4. The molecule has 6 rings (SSSR count). The second-order valence-corrected chi connectivity index (χ2v) is 9.23. The molecule has 1 amide bonds. The Bertz CT molecular complexity index is 1370. The predicted molar refractivity (Wildman–Crippen MR) is 129 cm³/mol. The van der Waals surface area contributed by atoms with Crippen LogP contribution in [0.25, 0.3) is 21.9 Å². The summed E-state index contributed by atoms with van der Waals surface area (Å²) in [5.41, 5.74) is 4.78. The van der Waals surface area contributed by atoms with Gasteiger partial charge >= 0.3 is 0 Å². The number of rotatable bonds is 4. The Morgan fingerprint density at radius 1 is 1.21 bits per heavy atom. The van der Waals surface area contributed by atoms with Gasteiger partial charge in [-0.05, 0) is 37.9 Å². The van der Waals surface area contributed by atoms with Gasteiger partial charge in [0, 0.05) is 49.2 Å². The molecule has 1 aliphatic heterocycles. The Kier molecular flexibility index (Phi) is 5.09. The average Bonchev–Trinajstić information content (AvgIpc) is 3.47. The number of carbonyl (C=O) groups excluding carboxylic acids is 1. The highest BCUT2D eigenvalue weighted by atomic mass is 16.5. The summed E-state index contributed by atoms with van der Waals surface area (Å²) in [4.78, 5) is 30.1. The van der Waals surface area contributed by atoms with Gasteiger partial charge in [-0.1, -0.05) is 0 Å². The predicted octanol–water partition coefficient (Wildman–Crippen LogP) is 2.47. The molecule has 1 fully saturated rings. The van der Waals surface area contributed by atoms with E-state index in [0.717, 1.165) is 77.9 Å². The Balaban J connectivity index is 1.33. The molecule has 0 bridgehead atoms. The Morgan fingerprint density at radius 3 is 2.88 bits per heavy atom. The maximum absolute atomic E-state index is 13.3. The van der Waals surface area contributed by atoms with Crippen LogP contribution >= 0.6 is 0 Å². The summed E-state index contributed by atoms with van der Waals surface area (Å²) in [7, 11) is 3.75. The Hall–Kier alpha value is -3.66. The van der Waals surface area contributed by atoms with Crippen LogP contribution in [0, 0.1) is 5.92 Å². The number of ether oxygens (including phenoxy) is 1. The van der Waals surface area contributed by atoms with E-state index < -0.39 is 0 Å².